The van der Waals surface area contributed by atoms with Crippen LogP contribution in [-0.2, 0) is 6.54 Å². The topological polar surface area (TPSA) is 29.9 Å². The van der Waals surface area contributed by atoms with E-state index in [1.165, 1.54) is 12.8 Å². The van der Waals surface area contributed by atoms with Crippen LogP contribution in [0.1, 0.15) is 40.5 Å². The molecule has 1 aliphatic rings. The summed E-state index contributed by atoms with van der Waals surface area (Å²) in [6, 6.07) is 6.19. The molecule has 0 aliphatic heterocycles. The largest absolute Gasteiger partial charge is 0.489 e. The monoisotopic (exact) mass is 304 g/mol. The van der Waals surface area contributed by atoms with Crippen molar-refractivity contribution in [3.63, 3.8) is 0 Å². The first-order valence-electron chi connectivity index (χ1n) is 7.81. The predicted molar refractivity (Wildman–Crippen MR) is 89.4 cm³/mol. The Bertz CT molecular complexity index is 707. The highest BCUT2D eigenvalue weighted by Gasteiger charge is 2.45. The van der Waals surface area contributed by atoms with Crippen LogP contribution in [0, 0.1) is 16.1 Å². The van der Waals surface area contributed by atoms with Crippen LogP contribution in [0.4, 0.5) is 0 Å². The molecule has 3 rings (SSSR count). The molecule has 0 atom stereocenters. The van der Waals surface area contributed by atoms with Crippen molar-refractivity contribution in [3.8, 4) is 5.75 Å². The Morgan fingerprint density at radius 3 is 2.57 bits per heavy atom. The molecule has 1 N–H and O–H groups in total. The molecule has 0 spiro atoms. The lowest BCUT2D eigenvalue weighted by atomic mass is 9.92. The van der Waals surface area contributed by atoms with Gasteiger partial charge in [0.2, 0.25) is 0 Å². The molecule has 1 aromatic carbocycles. The fraction of sp³-hybridized carbons (Fsp3) is 0.588. The molecule has 21 heavy (non-hydrogen) atoms. The Labute approximate surface area is 131 Å². The van der Waals surface area contributed by atoms with Crippen molar-refractivity contribution < 1.29 is 4.74 Å². The molecule has 114 valence electrons. The van der Waals surface area contributed by atoms with Gasteiger partial charge in [0.15, 0.2) is 4.77 Å². The van der Waals surface area contributed by atoms with Gasteiger partial charge in [-0.25, -0.2) is 0 Å². The van der Waals surface area contributed by atoms with E-state index >= 15 is 0 Å². The minimum Gasteiger partial charge on any atom is -0.489 e. The lowest BCUT2D eigenvalue weighted by molar-refractivity contribution is 0.245. The molecule has 2 aromatic rings. The summed E-state index contributed by atoms with van der Waals surface area (Å²) in [4.78, 5) is 3.34. The smallest absolute Gasteiger partial charge is 0.178 e. The summed E-state index contributed by atoms with van der Waals surface area (Å²) >= 11 is 5.56. The SMILES string of the molecule is CC(C)Oc1cccc2c1[nH]c(=S)n2CC1(C(C)C)CC1. The number of fused-ring (bicyclic) bond motifs is 1. The third-order valence-corrected chi connectivity index (χ3v) is 5.05. The fourth-order valence-corrected chi connectivity index (χ4v) is 3.32. The Hall–Kier alpha value is -1.29. The maximum absolute atomic E-state index is 5.90. The molecule has 1 saturated carbocycles. The van der Waals surface area contributed by atoms with E-state index in [1.54, 1.807) is 0 Å². The Morgan fingerprint density at radius 1 is 1.29 bits per heavy atom. The Morgan fingerprint density at radius 2 is 2.00 bits per heavy atom. The molecular formula is C17H24N2OS. The average molecular weight is 304 g/mol. The second kappa shape index (κ2) is 5.16. The first-order valence-corrected chi connectivity index (χ1v) is 8.22. The number of rotatable bonds is 5. The van der Waals surface area contributed by atoms with Gasteiger partial charge in [-0.1, -0.05) is 19.9 Å². The number of hydrogen-bond acceptors (Lipinski definition) is 2. The van der Waals surface area contributed by atoms with E-state index in [0.29, 0.717) is 11.3 Å². The van der Waals surface area contributed by atoms with Crippen molar-refractivity contribution in [3.05, 3.63) is 23.0 Å². The standard InChI is InChI=1S/C17H24N2OS/c1-11(2)17(8-9-17)10-19-13-6-5-7-14(20-12(3)4)15(13)18-16(19)21/h5-7,11-12H,8-10H2,1-4H3,(H,18,21). The summed E-state index contributed by atoms with van der Waals surface area (Å²) in [6.45, 7) is 9.73. The lowest BCUT2D eigenvalue weighted by Gasteiger charge is -2.20. The summed E-state index contributed by atoms with van der Waals surface area (Å²) in [5.74, 6) is 1.58. The Balaban J connectivity index is 2.04. The maximum atomic E-state index is 5.90. The van der Waals surface area contributed by atoms with E-state index < -0.39 is 0 Å². The summed E-state index contributed by atoms with van der Waals surface area (Å²) in [7, 11) is 0. The molecule has 1 heterocycles. The summed E-state index contributed by atoms with van der Waals surface area (Å²) in [6.07, 6.45) is 2.77. The molecule has 4 heteroatoms. The minimum atomic E-state index is 0.159. The third-order valence-electron chi connectivity index (χ3n) is 4.72. The van der Waals surface area contributed by atoms with Crippen LogP contribution in [0.25, 0.3) is 11.0 Å². The van der Waals surface area contributed by atoms with Crippen molar-refractivity contribution >= 4 is 23.3 Å². The van der Waals surface area contributed by atoms with Crippen LogP contribution in [0.15, 0.2) is 18.2 Å². The molecule has 0 unspecified atom stereocenters. The average Bonchev–Trinajstić information content (AvgIpc) is 3.12. The van der Waals surface area contributed by atoms with Crippen LogP contribution >= 0.6 is 12.2 Å². The van der Waals surface area contributed by atoms with Gasteiger partial charge in [-0.15, -0.1) is 0 Å². The van der Waals surface area contributed by atoms with Gasteiger partial charge < -0.3 is 14.3 Å². The molecule has 0 amide bonds. The lowest BCUT2D eigenvalue weighted by Crippen LogP contribution is -2.17. The van der Waals surface area contributed by atoms with Gasteiger partial charge in [-0.3, -0.25) is 0 Å². The number of imidazole rings is 1. The first kappa shape index (κ1) is 14.6. The van der Waals surface area contributed by atoms with Crippen LogP contribution in [0.5, 0.6) is 5.75 Å². The van der Waals surface area contributed by atoms with E-state index in [2.05, 4.69) is 29.5 Å². The number of ether oxygens (including phenoxy) is 1. The maximum Gasteiger partial charge on any atom is 0.178 e. The number of para-hydroxylation sites is 1. The van der Waals surface area contributed by atoms with Crippen LogP contribution in [-0.4, -0.2) is 15.7 Å². The molecule has 0 saturated heterocycles. The molecule has 1 aliphatic carbocycles. The number of aromatic amines is 1. The molecule has 0 radical (unpaired) electrons. The van der Waals surface area contributed by atoms with Crippen molar-refractivity contribution in [2.24, 2.45) is 11.3 Å². The van der Waals surface area contributed by atoms with Gasteiger partial charge in [0.25, 0.3) is 0 Å². The third kappa shape index (κ3) is 2.61. The summed E-state index contributed by atoms with van der Waals surface area (Å²) in [5, 5.41) is 0. The predicted octanol–water partition coefficient (Wildman–Crippen LogP) is 4.92. The van der Waals surface area contributed by atoms with Gasteiger partial charge in [-0.05, 0) is 62.4 Å². The van der Waals surface area contributed by atoms with Gasteiger partial charge in [0, 0.05) is 6.54 Å². The number of benzene rings is 1. The van der Waals surface area contributed by atoms with E-state index in [-0.39, 0.29) is 6.10 Å². The zero-order valence-corrected chi connectivity index (χ0v) is 14.1. The number of nitrogens with zero attached hydrogens (tertiary/aromatic N) is 1. The molecule has 1 aromatic heterocycles. The van der Waals surface area contributed by atoms with Crippen LogP contribution in [0.3, 0.4) is 0 Å². The highest BCUT2D eigenvalue weighted by atomic mass is 32.1. The van der Waals surface area contributed by atoms with Gasteiger partial charge in [0.1, 0.15) is 11.3 Å². The van der Waals surface area contributed by atoms with Gasteiger partial charge in [-0.2, -0.15) is 0 Å². The van der Waals surface area contributed by atoms with Crippen LogP contribution < -0.4 is 4.74 Å². The molecular weight excluding hydrogens is 280 g/mol. The van der Waals surface area contributed by atoms with E-state index in [0.717, 1.165) is 28.1 Å². The minimum absolute atomic E-state index is 0.159. The van der Waals surface area contributed by atoms with E-state index in [4.69, 9.17) is 17.0 Å². The fourth-order valence-electron chi connectivity index (χ4n) is 3.06. The second-order valence-electron chi connectivity index (χ2n) is 6.85. The van der Waals surface area contributed by atoms with Crippen molar-refractivity contribution in [2.45, 2.75) is 53.2 Å². The Kier molecular flexibility index (Phi) is 3.60. The zero-order chi connectivity index (χ0) is 15.2. The number of aromatic nitrogens is 2. The second-order valence-corrected chi connectivity index (χ2v) is 7.24. The summed E-state index contributed by atoms with van der Waals surface area (Å²) < 4.78 is 8.96. The van der Waals surface area contributed by atoms with Gasteiger partial charge in [0.05, 0.1) is 11.6 Å². The highest BCUT2D eigenvalue weighted by molar-refractivity contribution is 7.71. The quantitative estimate of drug-likeness (QED) is 0.794. The van der Waals surface area contributed by atoms with Crippen LogP contribution in [0.2, 0.25) is 0 Å². The molecule has 3 nitrogen and oxygen atoms in total. The highest BCUT2D eigenvalue weighted by Crippen LogP contribution is 2.53. The van der Waals surface area contributed by atoms with Gasteiger partial charge >= 0.3 is 0 Å². The molecule has 1 fully saturated rings. The summed E-state index contributed by atoms with van der Waals surface area (Å²) in [5.41, 5.74) is 2.61. The van der Waals surface area contributed by atoms with Crippen molar-refractivity contribution in [2.75, 3.05) is 0 Å². The number of hydrogen-bond donors (Lipinski definition) is 1. The zero-order valence-electron chi connectivity index (χ0n) is 13.3. The first-order chi connectivity index (χ1) is 9.93. The normalized spacial score (nSPS) is 16.9. The van der Waals surface area contributed by atoms with E-state index in [1.807, 2.05) is 26.0 Å². The number of H-pyrrole nitrogens is 1. The number of nitrogens with one attached hydrogen (secondary N) is 1. The van der Waals surface area contributed by atoms with E-state index in [9.17, 15) is 0 Å². The van der Waals surface area contributed by atoms with Crippen molar-refractivity contribution in [1.29, 1.82) is 0 Å². The van der Waals surface area contributed by atoms with Crippen molar-refractivity contribution in [1.82, 2.24) is 9.55 Å². The molecule has 0 bridgehead atoms.